The van der Waals surface area contributed by atoms with Crippen molar-refractivity contribution in [3.8, 4) is 0 Å². The zero-order valence-corrected chi connectivity index (χ0v) is 13.0. The Bertz CT molecular complexity index is 565. The van der Waals surface area contributed by atoms with Gasteiger partial charge in [-0.25, -0.2) is 4.98 Å². The summed E-state index contributed by atoms with van der Waals surface area (Å²) in [7, 11) is 2.01. The summed E-state index contributed by atoms with van der Waals surface area (Å²) in [5, 5.41) is 0.909. The van der Waals surface area contributed by atoms with Crippen LogP contribution in [0.4, 0.5) is 5.13 Å². The third kappa shape index (κ3) is 3.25. The number of hydrogen-bond donors (Lipinski definition) is 0. The minimum atomic E-state index is 0.324. The summed E-state index contributed by atoms with van der Waals surface area (Å²) in [5.41, 5.74) is 2.17. The maximum Gasteiger partial charge on any atom is 0.186 e. The van der Waals surface area contributed by atoms with Crippen LogP contribution in [0.3, 0.4) is 0 Å². The highest BCUT2D eigenvalue weighted by molar-refractivity contribution is 7.17. The first kappa shape index (κ1) is 14.7. The fourth-order valence-electron chi connectivity index (χ4n) is 2.05. The lowest BCUT2D eigenvalue weighted by atomic mass is 10.0. The molecule has 0 aliphatic carbocycles. The number of thiazole rings is 1. The molecule has 1 heterocycles. The normalized spacial score (nSPS) is 12.2. The molecule has 0 bridgehead atoms. The van der Waals surface area contributed by atoms with Crippen LogP contribution < -0.4 is 4.90 Å². The molecule has 0 spiro atoms. The van der Waals surface area contributed by atoms with E-state index in [-0.39, 0.29) is 0 Å². The molecule has 1 atom stereocenters. The van der Waals surface area contributed by atoms with E-state index in [1.165, 1.54) is 16.9 Å². The molecule has 1 aromatic carbocycles. The third-order valence-corrected chi connectivity index (χ3v) is 4.56. The van der Waals surface area contributed by atoms with Gasteiger partial charge in [-0.05, 0) is 17.9 Å². The Morgan fingerprint density at radius 3 is 2.65 bits per heavy atom. The molecule has 3 nitrogen and oxygen atoms in total. The van der Waals surface area contributed by atoms with Crippen molar-refractivity contribution in [3.05, 3.63) is 46.5 Å². The monoisotopic (exact) mass is 288 g/mol. The van der Waals surface area contributed by atoms with Gasteiger partial charge in [-0.15, -0.1) is 0 Å². The van der Waals surface area contributed by atoms with Crippen LogP contribution in [0, 0.1) is 0 Å². The zero-order valence-electron chi connectivity index (χ0n) is 12.2. The van der Waals surface area contributed by atoms with Gasteiger partial charge in [0.2, 0.25) is 0 Å². The van der Waals surface area contributed by atoms with Crippen LogP contribution in [-0.4, -0.2) is 18.3 Å². The molecular formula is C16H20N2OS. The van der Waals surface area contributed by atoms with Crippen molar-refractivity contribution in [1.29, 1.82) is 0 Å². The molecule has 0 aliphatic heterocycles. The van der Waals surface area contributed by atoms with Crippen molar-refractivity contribution in [2.45, 2.75) is 32.7 Å². The first-order valence-corrected chi connectivity index (χ1v) is 7.68. The van der Waals surface area contributed by atoms with E-state index in [9.17, 15) is 4.79 Å². The number of aromatic nitrogens is 1. The van der Waals surface area contributed by atoms with Gasteiger partial charge in [0.1, 0.15) is 0 Å². The van der Waals surface area contributed by atoms with Crippen molar-refractivity contribution in [1.82, 2.24) is 4.98 Å². The summed E-state index contributed by atoms with van der Waals surface area (Å²) < 4.78 is 0. The summed E-state index contributed by atoms with van der Waals surface area (Å²) >= 11 is 1.48. The van der Waals surface area contributed by atoms with Gasteiger partial charge in [0, 0.05) is 13.6 Å². The highest BCUT2D eigenvalue weighted by atomic mass is 32.1. The maximum atomic E-state index is 11.2. The first-order chi connectivity index (χ1) is 9.65. The predicted molar refractivity (Wildman–Crippen MR) is 84.8 cm³/mol. The Kier molecular flexibility index (Phi) is 4.90. The lowest BCUT2D eigenvalue weighted by molar-refractivity contribution is 0.112. The van der Waals surface area contributed by atoms with Crippen LogP contribution in [0.15, 0.2) is 30.3 Å². The summed E-state index contributed by atoms with van der Waals surface area (Å²) in [4.78, 5) is 18.7. The molecule has 1 unspecified atom stereocenters. The van der Waals surface area contributed by atoms with Gasteiger partial charge in [0.15, 0.2) is 11.4 Å². The smallest absolute Gasteiger partial charge is 0.186 e. The Balaban J connectivity index is 2.20. The lowest BCUT2D eigenvalue weighted by Gasteiger charge is -2.15. The van der Waals surface area contributed by atoms with Crippen LogP contribution in [0.5, 0.6) is 0 Å². The number of benzene rings is 1. The van der Waals surface area contributed by atoms with Crippen molar-refractivity contribution in [3.63, 3.8) is 0 Å². The standard InChI is InChI=1S/C16H20N2OS/c1-4-12(2)15-14(11-19)20-16(17-15)18(3)10-13-8-6-5-7-9-13/h5-9,11-12H,4,10H2,1-3H3. The number of hydrogen-bond acceptors (Lipinski definition) is 4. The molecule has 20 heavy (non-hydrogen) atoms. The topological polar surface area (TPSA) is 33.2 Å². The molecule has 2 rings (SSSR count). The van der Waals surface area contributed by atoms with E-state index >= 15 is 0 Å². The molecule has 4 heteroatoms. The van der Waals surface area contributed by atoms with Crippen LogP contribution in [0.1, 0.15) is 47.1 Å². The van der Waals surface area contributed by atoms with Crippen LogP contribution in [0.25, 0.3) is 0 Å². The van der Waals surface area contributed by atoms with Crippen molar-refractivity contribution in [2.75, 3.05) is 11.9 Å². The van der Waals surface area contributed by atoms with Gasteiger partial charge in [-0.2, -0.15) is 0 Å². The molecule has 0 radical (unpaired) electrons. The Morgan fingerprint density at radius 1 is 1.35 bits per heavy atom. The van der Waals surface area contributed by atoms with Gasteiger partial charge in [-0.3, -0.25) is 4.79 Å². The van der Waals surface area contributed by atoms with E-state index in [2.05, 4.69) is 35.9 Å². The molecule has 0 amide bonds. The van der Waals surface area contributed by atoms with Crippen LogP contribution in [0.2, 0.25) is 0 Å². The number of rotatable bonds is 6. The number of nitrogens with zero attached hydrogens (tertiary/aromatic N) is 2. The summed E-state index contributed by atoms with van der Waals surface area (Å²) in [6.45, 7) is 5.03. The molecule has 1 aromatic heterocycles. The number of anilines is 1. The molecule has 0 saturated heterocycles. The number of aldehydes is 1. The fourth-order valence-corrected chi connectivity index (χ4v) is 3.01. The van der Waals surface area contributed by atoms with Crippen LogP contribution >= 0.6 is 11.3 Å². The Labute approximate surface area is 124 Å². The molecule has 0 N–H and O–H groups in total. The van der Waals surface area contributed by atoms with Gasteiger partial charge in [-0.1, -0.05) is 55.5 Å². The van der Waals surface area contributed by atoms with Crippen LogP contribution in [-0.2, 0) is 6.54 Å². The lowest BCUT2D eigenvalue weighted by Crippen LogP contribution is -2.16. The average molecular weight is 288 g/mol. The Hall–Kier alpha value is -1.68. The van der Waals surface area contributed by atoms with E-state index in [0.717, 1.165) is 35.0 Å². The average Bonchev–Trinajstić information content (AvgIpc) is 2.92. The van der Waals surface area contributed by atoms with Gasteiger partial charge in [0.25, 0.3) is 0 Å². The molecule has 0 fully saturated rings. The highest BCUT2D eigenvalue weighted by Gasteiger charge is 2.17. The van der Waals surface area contributed by atoms with E-state index in [0.29, 0.717) is 5.92 Å². The molecular weight excluding hydrogens is 268 g/mol. The predicted octanol–water partition coefficient (Wildman–Crippen LogP) is 4.11. The summed E-state index contributed by atoms with van der Waals surface area (Å²) in [5.74, 6) is 0.324. The Morgan fingerprint density at radius 2 is 2.05 bits per heavy atom. The number of carbonyl (C=O) groups excluding carboxylic acids is 1. The highest BCUT2D eigenvalue weighted by Crippen LogP contribution is 2.31. The second-order valence-corrected chi connectivity index (χ2v) is 6.02. The maximum absolute atomic E-state index is 11.2. The molecule has 2 aromatic rings. The van der Waals surface area contributed by atoms with Crippen molar-refractivity contribution in [2.24, 2.45) is 0 Å². The summed E-state index contributed by atoms with van der Waals surface area (Å²) in [6.07, 6.45) is 1.92. The number of carbonyl (C=O) groups is 1. The van der Waals surface area contributed by atoms with Gasteiger partial charge in [0.05, 0.1) is 10.6 Å². The molecule has 106 valence electrons. The minimum absolute atomic E-state index is 0.324. The van der Waals surface area contributed by atoms with E-state index in [4.69, 9.17) is 0 Å². The second kappa shape index (κ2) is 6.66. The SMILES string of the molecule is CCC(C)c1nc(N(C)Cc2ccccc2)sc1C=O. The van der Waals surface area contributed by atoms with Gasteiger partial charge < -0.3 is 4.90 Å². The van der Waals surface area contributed by atoms with E-state index < -0.39 is 0 Å². The first-order valence-electron chi connectivity index (χ1n) is 6.86. The van der Waals surface area contributed by atoms with Crippen molar-refractivity contribution < 1.29 is 4.79 Å². The van der Waals surface area contributed by atoms with Gasteiger partial charge >= 0.3 is 0 Å². The van der Waals surface area contributed by atoms with E-state index in [1.54, 1.807) is 0 Å². The summed E-state index contributed by atoms with van der Waals surface area (Å²) in [6, 6.07) is 10.3. The third-order valence-electron chi connectivity index (χ3n) is 3.45. The minimum Gasteiger partial charge on any atom is -0.347 e. The molecule has 0 aliphatic rings. The second-order valence-electron chi connectivity index (χ2n) is 5.01. The zero-order chi connectivity index (χ0) is 14.5. The van der Waals surface area contributed by atoms with E-state index in [1.807, 2.05) is 25.2 Å². The van der Waals surface area contributed by atoms with Crippen molar-refractivity contribution >= 4 is 22.8 Å². The quantitative estimate of drug-likeness (QED) is 0.750. The fraction of sp³-hybridized carbons (Fsp3) is 0.375. The molecule has 0 saturated carbocycles. The largest absolute Gasteiger partial charge is 0.347 e.